The van der Waals surface area contributed by atoms with Gasteiger partial charge in [-0.2, -0.15) is 0 Å². The van der Waals surface area contributed by atoms with Crippen LogP contribution in [0.3, 0.4) is 0 Å². The van der Waals surface area contributed by atoms with E-state index in [1.54, 1.807) is 6.08 Å². The minimum Gasteiger partial charge on any atom is -0.381 e. The Hall–Kier alpha value is -0.440. The van der Waals surface area contributed by atoms with Crippen molar-refractivity contribution in [3.8, 4) is 0 Å². The fraction of sp³-hybridized carbons (Fsp3) is 0.833. The van der Waals surface area contributed by atoms with E-state index < -0.39 is 11.8 Å². The molecular weight excluding hydrogens is 198 g/mol. The second kappa shape index (κ2) is 4.60. The molecule has 1 fully saturated rings. The predicted molar refractivity (Wildman–Crippen MR) is 57.1 cm³/mol. The minimum atomic E-state index is -2.68. The van der Waals surface area contributed by atoms with Crippen LogP contribution in [0.5, 0.6) is 0 Å². The molecule has 0 radical (unpaired) electrons. The third-order valence-corrected chi connectivity index (χ3v) is 3.02. The lowest BCUT2D eigenvalue weighted by molar-refractivity contribution is 0.00580. The molecular formula is C12H20F2O. The third kappa shape index (κ3) is 3.56. The molecule has 0 aromatic heterocycles. The topological polar surface area (TPSA) is 9.23 Å². The Bertz CT molecular complexity index is 228. The van der Waals surface area contributed by atoms with Crippen LogP contribution in [0, 0.1) is 11.3 Å². The standard InChI is InChI=1S/C12H20F2O/c1-10(2)12(13,14)6-4-5-11(3)7-8-15-9-11/h4,6,10H,5,7-9H2,1-3H3/b6-4+. The van der Waals surface area contributed by atoms with Crippen LogP contribution in [-0.2, 0) is 4.74 Å². The van der Waals surface area contributed by atoms with Gasteiger partial charge in [-0.25, -0.2) is 8.78 Å². The van der Waals surface area contributed by atoms with Crippen molar-refractivity contribution in [2.75, 3.05) is 13.2 Å². The van der Waals surface area contributed by atoms with Crippen molar-refractivity contribution in [3.63, 3.8) is 0 Å². The highest BCUT2D eigenvalue weighted by Crippen LogP contribution is 2.33. The van der Waals surface area contributed by atoms with Gasteiger partial charge in [-0.3, -0.25) is 0 Å². The Kier molecular flexibility index (Phi) is 3.87. The summed E-state index contributed by atoms with van der Waals surface area (Å²) in [6.07, 6.45) is 4.29. The summed E-state index contributed by atoms with van der Waals surface area (Å²) in [5.41, 5.74) is 0.0591. The van der Waals surface area contributed by atoms with E-state index >= 15 is 0 Å². The van der Waals surface area contributed by atoms with Gasteiger partial charge in [0.05, 0.1) is 6.61 Å². The van der Waals surface area contributed by atoms with Gasteiger partial charge >= 0.3 is 0 Å². The maximum absolute atomic E-state index is 13.2. The number of hydrogen-bond acceptors (Lipinski definition) is 1. The lowest BCUT2D eigenvalue weighted by atomic mass is 9.86. The summed E-state index contributed by atoms with van der Waals surface area (Å²) in [7, 11) is 0. The molecule has 1 heterocycles. The van der Waals surface area contributed by atoms with Crippen LogP contribution < -0.4 is 0 Å². The normalized spacial score (nSPS) is 28.1. The zero-order chi connectivity index (χ0) is 11.5. The molecule has 0 aromatic carbocycles. The van der Waals surface area contributed by atoms with Gasteiger partial charge in [-0.05, 0) is 24.3 Å². The molecule has 1 unspecified atom stereocenters. The average molecular weight is 218 g/mol. The van der Waals surface area contributed by atoms with Crippen molar-refractivity contribution < 1.29 is 13.5 Å². The molecule has 1 aliphatic heterocycles. The number of rotatable bonds is 4. The summed E-state index contributed by atoms with van der Waals surface area (Å²) in [5, 5.41) is 0. The molecule has 0 amide bonds. The van der Waals surface area contributed by atoms with Gasteiger partial charge in [0.2, 0.25) is 0 Å². The first-order valence-corrected chi connectivity index (χ1v) is 5.49. The lowest BCUT2D eigenvalue weighted by Crippen LogP contribution is -2.21. The Labute approximate surface area is 90.5 Å². The number of halogens is 2. The molecule has 15 heavy (non-hydrogen) atoms. The van der Waals surface area contributed by atoms with E-state index in [0.29, 0.717) is 13.0 Å². The van der Waals surface area contributed by atoms with E-state index in [-0.39, 0.29) is 5.41 Å². The van der Waals surface area contributed by atoms with Crippen molar-refractivity contribution in [1.82, 2.24) is 0 Å². The number of alkyl halides is 2. The zero-order valence-corrected chi connectivity index (χ0v) is 9.72. The van der Waals surface area contributed by atoms with E-state index in [0.717, 1.165) is 19.1 Å². The molecule has 1 saturated heterocycles. The molecule has 0 aromatic rings. The van der Waals surface area contributed by atoms with Crippen molar-refractivity contribution in [2.24, 2.45) is 11.3 Å². The van der Waals surface area contributed by atoms with Crippen LogP contribution in [0.2, 0.25) is 0 Å². The highest BCUT2D eigenvalue weighted by atomic mass is 19.3. The number of allylic oxidation sites excluding steroid dienone is 2. The second-order valence-corrected chi connectivity index (χ2v) is 5.05. The molecule has 1 atom stereocenters. The summed E-state index contributed by atoms with van der Waals surface area (Å²) in [5.74, 6) is -3.32. The monoisotopic (exact) mass is 218 g/mol. The summed E-state index contributed by atoms with van der Waals surface area (Å²) in [4.78, 5) is 0. The Morgan fingerprint density at radius 1 is 1.47 bits per heavy atom. The van der Waals surface area contributed by atoms with E-state index in [2.05, 4.69) is 6.92 Å². The van der Waals surface area contributed by atoms with E-state index in [1.807, 2.05) is 0 Å². The Balaban J connectivity index is 2.45. The smallest absolute Gasteiger partial charge is 0.268 e. The lowest BCUT2D eigenvalue weighted by Gasteiger charge is -2.20. The maximum Gasteiger partial charge on any atom is 0.268 e. The molecule has 3 heteroatoms. The van der Waals surface area contributed by atoms with Gasteiger partial charge in [-0.1, -0.05) is 26.8 Å². The quantitative estimate of drug-likeness (QED) is 0.654. The highest BCUT2D eigenvalue weighted by molar-refractivity contribution is 4.99. The first-order chi connectivity index (χ1) is 6.86. The van der Waals surface area contributed by atoms with Crippen molar-refractivity contribution in [1.29, 1.82) is 0 Å². The van der Waals surface area contributed by atoms with E-state index in [1.165, 1.54) is 13.8 Å². The summed E-state index contributed by atoms with van der Waals surface area (Å²) >= 11 is 0. The number of ether oxygens (including phenoxy) is 1. The molecule has 0 N–H and O–H groups in total. The van der Waals surface area contributed by atoms with Gasteiger partial charge in [0, 0.05) is 12.5 Å². The van der Waals surface area contributed by atoms with Crippen molar-refractivity contribution >= 4 is 0 Å². The molecule has 1 aliphatic rings. The molecule has 1 nitrogen and oxygen atoms in total. The summed E-state index contributed by atoms with van der Waals surface area (Å²) in [6, 6.07) is 0. The fourth-order valence-electron chi connectivity index (χ4n) is 1.56. The molecule has 1 rings (SSSR count). The molecule has 0 spiro atoms. The van der Waals surface area contributed by atoms with E-state index in [4.69, 9.17) is 4.74 Å². The SMILES string of the molecule is CC(C)C(F)(F)/C=C/CC1(C)CCOC1. The molecule has 0 saturated carbocycles. The van der Waals surface area contributed by atoms with Crippen LogP contribution >= 0.6 is 0 Å². The number of hydrogen-bond donors (Lipinski definition) is 0. The van der Waals surface area contributed by atoms with Gasteiger partial charge in [0.25, 0.3) is 5.92 Å². The first kappa shape index (κ1) is 12.6. The third-order valence-electron chi connectivity index (χ3n) is 3.02. The highest BCUT2D eigenvalue weighted by Gasteiger charge is 2.31. The molecule has 88 valence electrons. The summed E-state index contributed by atoms with van der Waals surface area (Å²) < 4.78 is 31.7. The molecule has 0 aliphatic carbocycles. The van der Waals surface area contributed by atoms with Gasteiger partial charge < -0.3 is 4.74 Å². The Morgan fingerprint density at radius 3 is 2.60 bits per heavy atom. The largest absolute Gasteiger partial charge is 0.381 e. The van der Waals surface area contributed by atoms with Crippen LogP contribution in [0.1, 0.15) is 33.6 Å². The van der Waals surface area contributed by atoms with Crippen molar-refractivity contribution in [2.45, 2.75) is 39.5 Å². The molecule has 0 bridgehead atoms. The first-order valence-electron chi connectivity index (χ1n) is 5.49. The van der Waals surface area contributed by atoms with Crippen LogP contribution in [-0.4, -0.2) is 19.1 Å². The Morgan fingerprint density at radius 2 is 2.13 bits per heavy atom. The van der Waals surface area contributed by atoms with Gasteiger partial charge in [0.15, 0.2) is 0 Å². The summed E-state index contributed by atoms with van der Waals surface area (Å²) in [6.45, 7) is 6.59. The maximum atomic E-state index is 13.2. The average Bonchev–Trinajstić information content (AvgIpc) is 2.51. The zero-order valence-electron chi connectivity index (χ0n) is 9.72. The van der Waals surface area contributed by atoms with Crippen molar-refractivity contribution in [3.05, 3.63) is 12.2 Å². The van der Waals surface area contributed by atoms with Gasteiger partial charge in [-0.15, -0.1) is 0 Å². The van der Waals surface area contributed by atoms with Crippen LogP contribution in [0.25, 0.3) is 0 Å². The predicted octanol–water partition coefficient (Wildman–Crippen LogP) is 3.65. The second-order valence-electron chi connectivity index (χ2n) is 5.05. The fourth-order valence-corrected chi connectivity index (χ4v) is 1.56. The van der Waals surface area contributed by atoms with Gasteiger partial charge in [0.1, 0.15) is 0 Å². The minimum absolute atomic E-state index is 0.0591. The van der Waals surface area contributed by atoms with Crippen LogP contribution in [0.4, 0.5) is 8.78 Å². The van der Waals surface area contributed by atoms with E-state index in [9.17, 15) is 8.78 Å². The van der Waals surface area contributed by atoms with Crippen LogP contribution in [0.15, 0.2) is 12.2 Å².